The highest BCUT2D eigenvalue weighted by molar-refractivity contribution is 5.99. The van der Waals surface area contributed by atoms with Crippen LogP contribution in [0.25, 0.3) is 0 Å². The predicted molar refractivity (Wildman–Crippen MR) is 62.9 cm³/mol. The van der Waals surface area contributed by atoms with Crippen molar-refractivity contribution in [1.82, 2.24) is 0 Å². The highest BCUT2D eigenvalue weighted by Gasteiger charge is 2.15. The van der Waals surface area contributed by atoms with Crippen molar-refractivity contribution in [2.45, 2.75) is 32.8 Å². The van der Waals surface area contributed by atoms with Crippen molar-refractivity contribution >= 4 is 5.78 Å². The first-order valence-electron chi connectivity index (χ1n) is 5.64. The highest BCUT2D eigenvalue weighted by atomic mass is 16.5. The summed E-state index contributed by atoms with van der Waals surface area (Å²) in [6.45, 7) is 4.45. The molecule has 0 amide bonds. The molecule has 16 heavy (non-hydrogen) atoms. The van der Waals surface area contributed by atoms with E-state index in [1.165, 1.54) is 0 Å². The second kappa shape index (κ2) is 6.28. The van der Waals surface area contributed by atoms with E-state index in [1.54, 1.807) is 24.3 Å². The minimum absolute atomic E-state index is 0.218. The zero-order valence-electron chi connectivity index (χ0n) is 9.77. The number of aliphatic hydroxyl groups excluding tert-OH is 1. The zero-order valence-corrected chi connectivity index (χ0v) is 9.77. The minimum atomic E-state index is -0.886. The fraction of sp³-hybridized carbons (Fsp3) is 0.462. The Labute approximate surface area is 96.1 Å². The maximum Gasteiger partial charge on any atom is 0.191 e. The molecule has 0 fully saturated rings. The van der Waals surface area contributed by atoms with Crippen molar-refractivity contribution in [2.75, 3.05) is 6.61 Å². The average Bonchev–Trinajstić information content (AvgIpc) is 2.30. The van der Waals surface area contributed by atoms with Crippen molar-refractivity contribution in [1.29, 1.82) is 0 Å². The number of aliphatic hydroxyl groups is 1. The summed E-state index contributed by atoms with van der Waals surface area (Å²) in [4.78, 5) is 11.7. The van der Waals surface area contributed by atoms with Crippen molar-refractivity contribution < 1.29 is 14.6 Å². The third kappa shape index (κ3) is 3.35. The maximum absolute atomic E-state index is 11.7. The summed E-state index contributed by atoms with van der Waals surface area (Å²) >= 11 is 0. The molecule has 0 bridgehead atoms. The molecule has 0 heterocycles. The Morgan fingerprint density at radius 2 is 1.94 bits per heavy atom. The lowest BCUT2D eigenvalue weighted by Gasteiger charge is -2.08. The molecule has 0 aromatic heterocycles. The van der Waals surface area contributed by atoms with E-state index >= 15 is 0 Å². The van der Waals surface area contributed by atoms with Crippen LogP contribution in [0.15, 0.2) is 24.3 Å². The van der Waals surface area contributed by atoms with Gasteiger partial charge in [0.2, 0.25) is 0 Å². The fourth-order valence-corrected chi connectivity index (χ4v) is 1.48. The number of carbonyl (C=O) groups excluding carboxylic acids is 1. The molecule has 1 unspecified atom stereocenters. The summed E-state index contributed by atoms with van der Waals surface area (Å²) in [5.74, 6) is 0.522. The molecule has 1 atom stereocenters. The number of hydrogen-bond donors (Lipinski definition) is 1. The number of rotatable bonds is 6. The summed E-state index contributed by atoms with van der Waals surface area (Å²) in [5.41, 5.74) is 0.532. The molecule has 0 aliphatic carbocycles. The first-order valence-corrected chi connectivity index (χ1v) is 5.64. The number of carbonyl (C=O) groups is 1. The maximum atomic E-state index is 11.7. The van der Waals surface area contributed by atoms with Crippen molar-refractivity contribution in [3.8, 4) is 5.75 Å². The van der Waals surface area contributed by atoms with E-state index in [2.05, 4.69) is 0 Å². The Hall–Kier alpha value is -1.35. The quantitative estimate of drug-likeness (QED) is 0.752. The normalized spacial score (nSPS) is 12.2. The molecular weight excluding hydrogens is 204 g/mol. The number of ether oxygens (including phenoxy) is 1. The average molecular weight is 222 g/mol. The van der Waals surface area contributed by atoms with Crippen LogP contribution in [0.3, 0.4) is 0 Å². The van der Waals surface area contributed by atoms with Crippen LogP contribution in [0.1, 0.15) is 37.0 Å². The molecule has 1 rings (SSSR count). The van der Waals surface area contributed by atoms with Crippen LogP contribution >= 0.6 is 0 Å². The molecule has 1 aromatic rings. The number of ketones is 1. The Morgan fingerprint density at radius 1 is 1.31 bits per heavy atom. The van der Waals surface area contributed by atoms with Gasteiger partial charge in [0.05, 0.1) is 6.61 Å². The third-order valence-corrected chi connectivity index (χ3v) is 2.31. The van der Waals surface area contributed by atoms with E-state index in [1.807, 2.05) is 13.8 Å². The molecule has 0 aliphatic heterocycles. The second-order valence-corrected chi connectivity index (χ2v) is 3.63. The summed E-state index contributed by atoms with van der Waals surface area (Å²) in [5, 5.41) is 9.56. The largest absolute Gasteiger partial charge is 0.494 e. The lowest BCUT2D eigenvalue weighted by atomic mass is 10.0. The molecule has 0 radical (unpaired) electrons. The van der Waals surface area contributed by atoms with Crippen LogP contribution < -0.4 is 4.74 Å². The topological polar surface area (TPSA) is 46.5 Å². The van der Waals surface area contributed by atoms with E-state index < -0.39 is 6.10 Å². The van der Waals surface area contributed by atoms with Gasteiger partial charge in [0.15, 0.2) is 5.78 Å². The van der Waals surface area contributed by atoms with Gasteiger partial charge in [-0.05, 0) is 37.6 Å². The van der Waals surface area contributed by atoms with Gasteiger partial charge in [0.25, 0.3) is 0 Å². The minimum Gasteiger partial charge on any atom is -0.494 e. The van der Waals surface area contributed by atoms with Crippen LogP contribution in [0.2, 0.25) is 0 Å². The first-order chi connectivity index (χ1) is 7.69. The molecule has 3 heteroatoms. The smallest absolute Gasteiger partial charge is 0.191 e. The van der Waals surface area contributed by atoms with Gasteiger partial charge in [0.1, 0.15) is 11.9 Å². The Kier molecular flexibility index (Phi) is 4.99. The molecule has 0 aliphatic rings. The van der Waals surface area contributed by atoms with Crippen LogP contribution in [0.4, 0.5) is 0 Å². The molecular formula is C13H18O3. The molecule has 3 nitrogen and oxygen atoms in total. The van der Waals surface area contributed by atoms with Gasteiger partial charge in [-0.15, -0.1) is 0 Å². The molecule has 0 saturated heterocycles. The number of hydrogen-bond acceptors (Lipinski definition) is 3. The summed E-state index contributed by atoms with van der Waals surface area (Å²) < 4.78 is 5.27. The van der Waals surface area contributed by atoms with Crippen molar-refractivity contribution in [3.05, 3.63) is 29.8 Å². The fourth-order valence-electron chi connectivity index (χ4n) is 1.48. The van der Waals surface area contributed by atoms with Crippen LogP contribution in [0, 0.1) is 0 Å². The van der Waals surface area contributed by atoms with Gasteiger partial charge in [-0.25, -0.2) is 0 Å². The molecule has 0 spiro atoms. The van der Waals surface area contributed by atoms with E-state index in [0.29, 0.717) is 18.6 Å². The number of Topliss-reactive ketones (excluding diaryl/α,β-unsaturated/α-hetero) is 1. The monoisotopic (exact) mass is 222 g/mol. The number of benzene rings is 1. The molecule has 0 saturated carbocycles. The van der Waals surface area contributed by atoms with Gasteiger partial charge in [-0.1, -0.05) is 13.3 Å². The molecule has 1 aromatic carbocycles. The van der Waals surface area contributed by atoms with Crippen molar-refractivity contribution in [2.24, 2.45) is 0 Å². The lowest BCUT2D eigenvalue weighted by molar-refractivity contribution is 0.0729. The van der Waals surface area contributed by atoms with Crippen LogP contribution in [0.5, 0.6) is 5.75 Å². The summed E-state index contributed by atoms with van der Waals surface area (Å²) in [6, 6.07) is 6.86. The van der Waals surface area contributed by atoms with Gasteiger partial charge < -0.3 is 9.84 Å². The summed E-state index contributed by atoms with van der Waals surface area (Å²) in [6.07, 6.45) is 0.415. The van der Waals surface area contributed by atoms with Gasteiger partial charge in [0, 0.05) is 5.56 Å². The lowest BCUT2D eigenvalue weighted by Crippen LogP contribution is -2.19. The highest BCUT2D eigenvalue weighted by Crippen LogP contribution is 2.14. The van der Waals surface area contributed by atoms with Gasteiger partial charge in [-0.3, -0.25) is 4.79 Å². The standard InChI is InChI=1S/C13H18O3/c1-3-5-12(14)13(15)10-6-8-11(9-7-10)16-4-2/h6-9,12,14H,3-5H2,1-2H3. The van der Waals surface area contributed by atoms with Crippen molar-refractivity contribution in [3.63, 3.8) is 0 Å². The third-order valence-electron chi connectivity index (χ3n) is 2.31. The Balaban J connectivity index is 2.69. The van der Waals surface area contributed by atoms with E-state index in [4.69, 9.17) is 4.74 Å². The summed E-state index contributed by atoms with van der Waals surface area (Å²) in [7, 11) is 0. The van der Waals surface area contributed by atoms with E-state index in [9.17, 15) is 9.90 Å². The van der Waals surface area contributed by atoms with Gasteiger partial charge >= 0.3 is 0 Å². The predicted octanol–water partition coefficient (Wildman–Crippen LogP) is 2.43. The molecule has 88 valence electrons. The van der Waals surface area contributed by atoms with E-state index in [0.717, 1.165) is 12.2 Å². The Morgan fingerprint density at radius 3 is 2.44 bits per heavy atom. The van der Waals surface area contributed by atoms with Gasteiger partial charge in [-0.2, -0.15) is 0 Å². The van der Waals surface area contributed by atoms with Crippen LogP contribution in [-0.2, 0) is 0 Å². The molecule has 1 N–H and O–H groups in total. The van der Waals surface area contributed by atoms with E-state index in [-0.39, 0.29) is 5.78 Å². The van der Waals surface area contributed by atoms with Crippen LogP contribution in [-0.4, -0.2) is 23.6 Å². The SMILES string of the molecule is CCCC(O)C(=O)c1ccc(OCC)cc1. The Bertz CT molecular complexity index is 330. The second-order valence-electron chi connectivity index (χ2n) is 3.63. The zero-order chi connectivity index (χ0) is 12.0. The first kappa shape index (κ1) is 12.7.